The first-order valence-corrected chi connectivity index (χ1v) is 2.81. The minimum atomic E-state index is -2.97. The highest BCUT2D eigenvalue weighted by atomic mass is 19.3. The van der Waals surface area contributed by atoms with E-state index in [4.69, 9.17) is 5.73 Å². The molecule has 1 aliphatic rings. The van der Waals surface area contributed by atoms with Gasteiger partial charge in [-0.1, -0.05) is 0 Å². The molecule has 0 aliphatic heterocycles. The van der Waals surface area contributed by atoms with E-state index in [1.807, 2.05) is 0 Å². The quantitative estimate of drug-likeness (QED) is 0.571. The lowest BCUT2D eigenvalue weighted by Crippen LogP contribution is -2.62. The third kappa shape index (κ3) is 1.10. The number of alkyl halides is 4. The van der Waals surface area contributed by atoms with Gasteiger partial charge in [-0.05, 0) is 0 Å². The van der Waals surface area contributed by atoms with Crippen molar-refractivity contribution in [3.05, 3.63) is 0 Å². The topological polar surface area (TPSA) is 26.0 Å². The Bertz CT molecular complexity index is 137. The van der Waals surface area contributed by atoms with Gasteiger partial charge in [-0.15, -0.1) is 0 Å². The molecular formula is C5H7F4N. The summed E-state index contributed by atoms with van der Waals surface area (Å²) < 4.78 is 47.5. The summed E-state index contributed by atoms with van der Waals surface area (Å²) >= 11 is 0. The van der Waals surface area contributed by atoms with E-state index in [0.29, 0.717) is 0 Å². The molecule has 1 nitrogen and oxygen atoms in total. The standard InChI is InChI=1S/C5H7F4N/c6-3(7)4(10)1-5(8,9)2-4/h3H,1-2,10H2. The summed E-state index contributed by atoms with van der Waals surface area (Å²) in [5.41, 5.74) is 2.96. The molecule has 0 spiro atoms. The van der Waals surface area contributed by atoms with Crippen LogP contribution in [0.5, 0.6) is 0 Å². The number of rotatable bonds is 1. The Kier molecular flexibility index (Phi) is 1.43. The normalized spacial score (nSPS) is 28.2. The van der Waals surface area contributed by atoms with Crippen LogP contribution in [0.3, 0.4) is 0 Å². The van der Waals surface area contributed by atoms with Gasteiger partial charge >= 0.3 is 0 Å². The smallest absolute Gasteiger partial charge is 0.256 e. The molecule has 1 aliphatic carbocycles. The van der Waals surface area contributed by atoms with Crippen LogP contribution in [-0.4, -0.2) is 17.9 Å². The molecular weight excluding hydrogens is 150 g/mol. The second-order valence-corrected chi connectivity index (χ2v) is 2.74. The van der Waals surface area contributed by atoms with Gasteiger partial charge in [0.15, 0.2) is 0 Å². The van der Waals surface area contributed by atoms with Crippen molar-refractivity contribution in [3.8, 4) is 0 Å². The van der Waals surface area contributed by atoms with Crippen LogP contribution in [0.25, 0.3) is 0 Å². The Morgan fingerprint density at radius 1 is 1.20 bits per heavy atom. The van der Waals surface area contributed by atoms with Crippen LogP contribution in [0.15, 0.2) is 0 Å². The Morgan fingerprint density at radius 3 is 1.70 bits per heavy atom. The van der Waals surface area contributed by atoms with Crippen molar-refractivity contribution in [3.63, 3.8) is 0 Å². The minimum absolute atomic E-state index is 0.891. The molecule has 0 unspecified atom stereocenters. The van der Waals surface area contributed by atoms with Crippen molar-refractivity contribution in [2.75, 3.05) is 0 Å². The maximum atomic E-state index is 12.0. The first-order valence-electron chi connectivity index (χ1n) is 2.81. The fourth-order valence-corrected chi connectivity index (χ4v) is 1.07. The molecule has 0 aromatic heterocycles. The largest absolute Gasteiger partial charge is 0.320 e. The molecule has 1 fully saturated rings. The molecule has 0 aromatic carbocycles. The zero-order chi connectivity index (χ0) is 7.99. The predicted molar refractivity (Wildman–Crippen MR) is 27.1 cm³/mol. The van der Waals surface area contributed by atoms with Crippen LogP contribution in [0.2, 0.25) is 0 Å². The Hall–Kier alpha value is -0.320. The first-order chi connectivity index (χ1) is 4.36. The Balaban J connectivity index is 2.50. The molecule has 0 amide bonds. The van der Waals surface area contributed by atoms with Gasteiger partial charge in [-0.25, -0.2) is 17.6 Å². The molecule has 0 bridgehead atoms. The van der Waals surface area contributed by atoms with Gasteiger partial charge < -0.3 is 5.73 Å². The van der Waals surface area contributed by atoms with E-state index < -0.39 is 30.7 Å². The molecule has 0 atom stereocenters. The summed E-state index contributed by atoms with van der Waals surface area (Å²) in [5, 5.41) is 0. The summed E-state index contributed by atoms with van der Waals surface area (Å²) in [7, 11) is 0. The van der Waals surface area contributed by atoms with Crippen molar-refractivity contribution in [1.29, 1.82) is 0 Å². The lowest BCUT2D eigenvalue weighted by molar-refractivity contribution is -0.163. The van der Waals surface area contributed by atoms with E-state index in [1.54, 1.807) is 0 Å². The maximum Gasteiger partial charge on any atom is 0.256 e. The summed E-state index contributed by atoms with van der Waals surface area (Å²) in [5.74, 6) is -2.97. The van der Waals surface area contributed by atoms with E-state index >= 15 is 0 Å². The zero-order valence-electron chi connectivity index (χ0n) is 5.08. The molecule has 0 heterocycles. The molecule has 2 N–H and O–H groups in total. The highest BCUT2D eigenvalue weighted by molar-refractivity contribution is 5.05. The molecule has 0 radical (unpaired) electrons. The molecule has 0 saturated heterocycles. The van der Waals surface area contributed by atoms with Crippen LogP contribution < -0.4 is 5.73 Å². The van der Waals surface area contributed by atoms with Crippen LogP contribution in [-0.2, 0) is 0 Å². The molecule has 1 rings (SSSR count). The second-order valence-electron chi connectivity index (χ2n) is 2.74. The van der Waals surface area contributed by atoms with Gasteiger partial charge in [-0.3, -0.25) is 0 Å². The van der Waals surface area contributed by atoms with Gasteiger partial charge in [0.25, 0.3) is 12.3 Å². The first kappa shape index (κ1) is 7.78. The zero-order valence-corrected chi connectivity index (χ0v) is 5.08. The molecule has 1 saturated carbocycles. The number of hydrogen-bond donors (Lipinski definition) is 1. The van der Waals surface area contributed by atoms with Crippen LogP contribution in [0.1, 0.15) is 12.8 Å². The average Bonchev–Trinajstić information content (AvgIpc) is 1.59. The summed E-state index contributed by atoms with van der Waals surface area (Å²) in [6, 6.07) is 0. The fraction of sp³-hybridized carbons (Fsp3) is 1.00. The summed E-state index contributed by atoms with van der Waals surface area (Å²) in [4.78, 5) is 0. The summed E-state index contributed by atoms with van der Waals surface area (Å²) in [6.07, 6.45) is -4.62. The van der Waals surface area contributed by atoms with Crippen molar-refractivity contribution in [2.24, 2.45) is 5.73 Å². The van der Waals surface area contributed by atoms with Crippen molar-refractivity contribution >= 4 is 0 Å². The maximum absolute atomic E-state index is 12.0. The van der Waals surface area contributed by atoms with Crippen molar-refractivity contribution < 1.29 is 17.6 Å². The molecule has 5 heteroatoms. The van der Waals surface area contributed by atoms with Crippen LogP contribution in [0.4, 0.5) is 17.6 Å². The highest BCUT2D eigenvalue weighted by Crippen LogP contribution is 2.46. The van der Waals surface area contributed by atoms with Gasteiger partial charge in [-0.2, -0.15) is 0 Å². The van der Waals surface area contributed by atoms with E-state index in [1.165, 1.54) is 0 Å². The Morgan fingerprint density at radius 2 is 1.60 bits per heavy atom. The van der Waals surface area contributed by atoms with Crippen molar-refractivity contribution in [2.45, 2.75) is 30.7 Å². The van der Waals surface area contributed by atoms with E-state index in [2.05, 4.69) is 0 Å². The number of nitrogens with two attached hydrogens (primary N) is 1. The highest BCUT2D eigenvalue weighted by Gasteiger charge is 2.59. The number of halogens is 4. The molecule has 10 heavy (non-hydrogen) atoms. The monoisotopic (exact) mass is 157 g/mol. The number of hydrogen-bond acceptors (Lipinski definition) is 1. The third-order valence-electron chi connectivity index (χ3n) is 1.61. The van der Waals surface area contributed by atoms with E-state index in [0.717, 1.165) is 0 Å². The van der Waals surface area contributed by atoms with Crippen molar-refractivity contribution in [1.82, 2.24) is 0 Å². The summed E-state index contributed by atoms with van der Waals surface area (Å²) in [6.45, 7) is 0. The van der Waals surface area contributed by atoms with Gasteiger partial charge in [0.1, 0.15) is 0 Å². The molecule has 60 valence electrons. The van der Waals surface area contributed by atoms with E-state index in [-0.39, 0.29) is 0 Å². The minimum Gasteiger partial charge on any atom is -0.320 e. The molecule has 0 aromatic rings. The fourth-order valence-electron chi connectivity index (χ4n) is 1.07. The van der Waals surface area contributed by atoms with E-state index in [9.17, 15) is 17.6 Å². The van der Waals surface area contributed by atoms with Gasteiger partial charge in [0.2, 0.25) is 0 Å². The van der Waals surface area contributed by atoms with Gasteiger partial charge in [0, 0.05) is 12.8 Å². The second kappa shape index (κ2) is 1.84. The predicted octanol–water partition coefficient (Wildman–Crippen LogP) is 1.38. The van der Waals surface area contributed by atoms with Crippen LogP contribution >= 0.6 is 0 Å². The SMILES string of the molecule is NC1(C(F)F)CC(F)(F)C1. The lowest BCUT2D eigenvalue weighted by atomic mass is 9.74. The average molecular weight is 157 g/mol. The third-order valence-corrected chi connectivity index (χ3v) is 1.61. The lowest BCUT2D eigenvalue weighted by Gasteiger charge is -2.43. The van der Waals surface area contributed by atoms with Crippen LogP contribution in [0, 0.1) is 0 Å². The van der Waals surface area contributed by atoms with Gasteiger partial charge in [0.05, 0.1) is 5.54 Å². The Labute approximate surface area is 55.2 Å².